The summed E-state index contributed by atoms with van der Waals surface area (Å²) in [7, 11) is 1.86. The molecular formula is C13H12N2O2. The second-order valence-corrected chi connectivity index (χ2v) is 3.62. The van der Waals surface area contributed by atoms with E-state index in [1.165, 1.54) is 0 Å². The van der Waals surface area contributed by atoms with E-state index < -0.39 is 5.97 Å². The third-order valence-corrected chi connectivity index (χ3v) is 2.45. The molecule has 0 amide bonds. The lowest BCUT2D eigenvalue weighted by Gasteiger charge is -2.02. The Morgan fingerprint density at radius 3 is 2.71 bits per heavy atom. The Balaban J connectivity index is 2.47. The predicted octanol–water partition coefficient (Wildman–Crippen LogP) is 2.05. The Hall–Kier alpha value is -2.36. The monoisotopic (exact) mass is 228 g/mol. The van der Waals surface area contributed by atoms with E-state index in [9.17, 15) is 9.90 Å². The van der Waals surface area contributed by atoms with E-state index >= 15 is 0 Å². The van der Waals surface area contributed by atoms with Crippen LogP contribution in [0.5, 0.6) is 0 Å². The number of carbonyl (C=O) groups is 1. The van der Waals surface area contributed by atoms with Gasteiger partial charge in [0.1, 0.15) is 0 Å². The molecule has 0 aliphatic rings. The van der Waals surface area contributed by atoms with Crippen LogP contribution in [0.2, 0.25) is 0 Å². The number of hydrogen-bond donors (Lipinski definition) is 1. The Kier molecular flexibility index (Phi) is 3.05. The molecule has 2 heterocycles. The lowest BCUT2D eigenvalue weighted by Crippen LogP contribution is -2.02. The molecule has 2 rings (SSSR count). The first-order valence-electron chi connectivity index (χ1n) is 5.16. The fourth-order valence-electron chi connectivity index (χ4n) is 1.54. The van der Waals surface area contributed by atoms with Crippen LogP contribution >= 0.6 is 0 Å². The molecule has 0 radical (unpaired) electrons. The molecule has 1 N–H and O–H groups in total. The average Bonchev–Trinajstić information content (AvgIpc) is 2.72. The highest BCUT2D eigenvalue weighted by molar-refractivity contribution is 6.19. The van der Waals surface area contributed by atoms with Gasteiger partial charge in [-0.2, -0.15) is 0 Å². The van der Waals surface area contributed by atoms with E-state index in [0.29, 0.717) is 5.69 Å². The molecule has 0 fully saturated rings. The Bertz CT molecular complexity index is 556. The van der Waals surface area contributed by atoms with E-state index in [2.05, 4.69) is 4.98 Å². The molecule has 2 aromatic rings. The van der Waals surface area contributed by atoms with E-state index in [4.69, 9.17) is 0 Å². The minimum Gasteiger partial charge on any atom is -0.478 e. The molecule has 0 aliphatic carbocycles. The van der Waals surface area contributed by atoms with Crippen LogP contribution in [-0.2, 0) is 11.8 Å². The van der Waals surface area contributed by atoms with Crippen molar-refractivity contribution in [2.45, 2.75) is 0 Å². The second kappa shape index (κ2) is 4.65. The third kappa shape index (κ3) is 2.42. The zero-order valence-electron chi connectivity index (χ0n) is 9.37. The number of hydrogen-bond acceptors (Lipinski definition) is 2. The maximum absolute atomic E-state index is 11.2. The summed E-state index contributed by atoms with van der Waals surface area (Å²) < 4.78 is 1.85. The molecule has 0 aromatic carbocycles. The maximum atomic E-state index is 11.2. The van der Waals surface area contributed by atoms with Gasteiger partial charge >= 0.3 is 5.97 Å². The lowest BCUT2D eigenvalue weighted by atomic mass is 10.1. The topological polar surface area (TPSA) is 55.1 Å². The first-order valence-corrected chi connectivity index (χ1v) is 5.16. The number of aryl methyl sites for hydroxylation is 1. The quantitative estimate of drug-likeness (QED) is 0.818. The van der Waals surface area contributed by atoms with Crippen molar-refractivity contribution in [3.8, 4) is 0 Å². The van der Waals surface area contributed by atoms with Crippen molar-refractivity contribution in [2.24, 2.45) is 7.05 Å². The number of rotatable bonds is 3. The van der Waals surface area contributed by atoms with Gasteiger partial charge in [-0.25, -0.2) is 4.79 Å². The average molecular weight is 228 g/mol. The summed E-state index contributed by atoms with van der Waals surface area (Å²) >= 11 is 0. The molecule has 0 bridgehead atoms. The van der Waals surface area contributed by atoms with Gasteiger partial charge in [0.05, 0.1) is 11.3 Å². The van der Waals surface area contributed by atoms with Gasteiger partial charge in [-0.3, -0.25) is 4.98 Å². The van der Waals surface area contributed by atoms with Crippen molar-refractivity contribution in [1.29, 1.82) is 0 Å². The van der Waals surface area contributed by atoms with Crippen LogP contribution in [0, 0.1) is 0 Å². The van der Waals surface area contributed by atoms with Crippen molar-refractivity contribution in [2.75, 3.05) is 0 Å². The molecule has 0 unspecified atom stereocenters. The van der Waals surface area contributed by atoms with Crippen molar-refractivity contribution in [1.82, 2.24) is 9.55 Å². The SMILES string of the molecule is Cn1cccc1/C=C(\C(=O)O)c1ccccn1. The minimum absolute atomic E-state index is 0.187. The molecule has 86 valence electrons. The zero-order chi connectivity index (χ0) is 12.3. The molecule has 0 saturated heterocycles. The van der Waals surface area contributed by atoms with Gasteiger partial charge in [0.2, 0.25) is 0 Å². The number of carboxylic acids is 1. The number of aliphatic carboxylic acids is 1. The minimum atomic E-state index is -0.982. The molecular weight excluding hydrogens is 216 g/mol. The standard InChI is InChI=1S/C13H12N2O2/c1-15-8-4-5-10(15)9-11(13(16)17)12-6-2-3-7-14-12/h2-9H,1H3,(H,16,17)/b11-9-. The molecule has 2 aromatic heterocycles. The van der Waals surface area contributed by atoms with Gasteiger partial charge < -0.3 is 9.67 Å². The summed E-state index contributed by atoms with van der Waals surface area (Å²) in [6.45, 7) is 0. The largest absolute Gasteiger partial charge is 0.478 e. The summed E-state index contributed by atoms with van der Waals surface area (Å²) in [5.74, 6) is -0.982. The molecule has 0 spiro atoms. The van der Waals surface area contributed by atoms with Gasteiger partial charge in [-0.15, -0.1) is 0 Å². The van der Waals surface area contributed by atoms with Crippen LogP contribution < -0.4 is 0 Å². The number of pyridine rings is 1. The summed E-state index contributed by atoms with van der Waals surface area (Å²) in [4.78, 5) is 15.3. The van der Waals surface area contributed by atoms with Crippen LogP contribution in [0.25, 0.3) is 11.6 Å². The van der Waals surface area contributed by atoms with Crippen molar-refractivity contribution < 1.29 is 9.90 Å². The number of nitrogens with zero attached hydrogens (tertiary/aromatic N) is 2. The summed E-state index contributed by atoms with van der Waals surface area (Å²) in [6.07, 6.45) is 5.06. The number of carboxylic acid groups (broad SMARTS) is 1. The van der Waals surface area contributed by atoms with Crippen LogP contribution in [0.1, 0.15) is 11.4 Å². The highest BCUT2D eigenvalue weighted by Gasteiger charge is 2.11. The van der Waals surface area contributed by atoms with Gasteiger partial charge in [0.15, 0.2) is 0 Å². The van der Waals surface area contributed by atoms with Gasteiger partial charge in [0, 0.05) is 25.1 Å². The molecule has 0 aliphatic heterocycles. The second-order valence-electron chi connectivity index (χ2n) is 3.62. The normalized spacial score (nSPS) is 11.5. The highest BCUT2D eigenvalue weighted by Crippen LogP contribution is 2.16. The molecule has 4 heteroatoms. The fourth-order valence-corrected chi connectivity index (χ4v) is 1.54. The Morgan fingerprint density at radius 1 is 1.35 bits per heavy atom. The van der Waals surface area contributed by atoms with Crippen molar-refractivity contribution >= 4 is 17.6 Å². The van der Waals surface area contributed by atoms with Crippen molar-refractivity contribution in [3.63, 3.8) is 0 Å². The Labute approximate surface area is 98.9 Å². The van der Waals surface area contributed by atoms with Crippen LogP contribution in [-0.4, -0.2) is 20.6 Å². The van der Waals surface area contributed by atoms with E-state index in [1.807, 2.05) is 29.9 Å². The van der Waals surface area contributed by atoms with Gasteiger partial charge in [-0.1, -0.05) is 6.07 Å². The van der Waals surface area contributed by atoms with Crippen LogP contribution in [0.15, 0.2) is 42.7 Å². The van der Waals surface area contributed by atoms with Crippen LogP contribution in [0.4, 0.5) is 0 Å². The predicted molar refractivity (Wildman–Crippen MR) is 65.2 cm³/mol. The highest BCUT2D eigenvalue weighted by atomic mass is 16.4. The summed E-state index contributed by atoms with van der Waals surface area (Å²) in [5, 5.41) is 9.20. The first kappa shape index (κ1) is 11.1. The molecule has 0 atom stereocenters. The van der Waals surface area contributed by atoms with E-state index in [1.54, 1.807) is 30.5 Å². The zero-order valence-corrected chi connectivity index (χ0v) is 9.37. The number of aromatic nitrogens is 2. The van der Waals surface area contributed by atoms with Gasteiger partial charge in [0.25, 0.3) is 0 Å². The first-order chi connectivity index (χ1) is 8.18. The fraction of sp³-hybridized carbons (Fsp3) is 0.0769. The lowest BCUT2D eigenvalue weighted by molar-refractivity contribution is -0.130. The molecule has 17 heavy (non-hydrogen) atoms. The smallest absolute Gasteiger partial charge is 0.337 e. The summed E-state index contributed by atoms with van der Waals surface area (Å²) in [5.41, 5.74) is 1.47. The third-order valence-electron chi connectivity index (χ3n) is 2.45. The maximum Gasteiger partial charge on any atom is 0.337 e. The van der Waals surface area contributed by atoms with Gasteiger partial charge in [-0.05, 0) is 30.3 Å². The van der Waals surface area contributed by atoms with E-state index in [0.717, 1.165) is 5.69 Å². The summed E-state index contributed by atoms with van der Waals surface area (Å²) in [6, 6.07) is 8.92. The van der Waals surface area contributed by atoms with E-state index in [-0.39, 0.29) is 5.57 Å². The van der Waals surface area contributed by atoms with Crippen LogP contribution in [0.3, 0.4) is 0 Å². The molecule has 0 saturated carbocycles. The van der Waals surface area contributed by atoms with Crippen molar-refractivity contribution in [3.05, 3.63) is 54.1 Å². The molecule has 4 nitrogen and oxygen atoms in total. The Morgan fingerprint density at radius 2 is 2.18 bits per heavy atom.